The van der Waals surface area contributed by atoms with Gasteiger partial charge in [0, 0.05) is 27.3 Å². The Balaban J connectivity index is 0.00000185. The predicted octanol–water partition coefficient (Wildman–Crippen LogP) is 6.02. The maximum Gasteiger partial charge on any atom is 0.586 e. The highest BCUT2D eigenvalue weighted by molar-refractivity contribution is 6.03. The van der Waals surface area contributed by atoms with E-state index in [2.05, 4.69) is 20.1 Å². The smallest absolute Gasteiger partial charge is 0.395 e. The number of hydrogen-bond donors (Lipinski definition) is 2. The lowest BCUT2D eigenvalue weighted by atomic mass is 9.94. The second-order valence-corrected chi connectivity index (χ2v) is 9.55. The molecule has 2 heterocycles. The summed E-state index contributed by atoms with van der Waals surface area (Å²) in [6, 6.07) is 21.7. The number of carbonyl (C=O) groups is 2. The molecule has 1 aromatic heterocycles. The van der Waals surface area contributed by atoms with Gasteiger partial charge in [0.2, 0.25) is 11.8 Å². The van der Waals surface area contributed by atoms with Gasteiger partial charge in [-0.15, -0.1) is 8.78 Å². The van der Waals surface area contributed by atoms with Crippen LogP contribution in [-0.2, 0) is 21.5 Å². The van der Waals surface area contributed by atoms with Crippen molar-refractivity contribution < 1.29 is 30.7 Å². The van der Waals surface area contributed by atoms with Crippen LogP contribution in [0.2, 0.25) is 0 Å². The number of rotatable bonds is 6. The van der Waals surface area contributed by atoms with Crippen molar-refractivity contribution in [1.29, 1.82) is 0 Å². The van der Waals surface area contributed by atoms with Gasteiger partial charge >= 0.3 is 6.29 Å². The number of pyridine rings is 1. The molecule has 6 rings (SSSR count). The van der Waals surface area contributed by atoms with Crippen LogP contribution in [0.3, 0.4) is 0 Å². The highest BCUT2D eigenvalue weighted by atomic mass is 19.3. The van der Waals surface area contributed by atoms with Crippen LogP contribution in [0.4, 0.5) is 14.6 Å². The third kappa shape index (κ3) is 4.40. The number of fused-ring (bicyclic) bond motifs is 2. The van der Waals surface area contributed by atoms with E-state index < -0.39 is 11.7 Å². The van der Waals surface area contributed by atoms with Crippen LogP contribution >= 0.6 is 0 Å². The second kappa shape index (κ2) is 8.79. The molecule has 38 heavy (non-hydrogen) atoms. The van der Waals surface area contributed by atoms with E-state index in [1.165, 1.54) is 19.1 Å². The molecule has 9 heteroatoms. The Labute approximate surface area is 219 Å². The number of amides is 2. The summed E-state index contributed by atoms with van der Waals surface area (Å²) in [5.41, 5.74) is 2.18. The largest absolute Gasteiger partial charge is 0.586 e. The summed E-state index contributed by atoms with van der Waals surface area (Å²) in [5, 5.41) is 7.57. The second-order valence-electron chi connectivity index (χ2n) is 9.55. The number of alkyl halides is 2. The molecule has 7 nitrogen and oxygen atoms in total. The minimum atomic E-state index is -3.72. The Kier molecular flexibility index (Phi) is 5.52. The van der Waals surface area contributed by atoms with Gasteiger partial charge in [-0.2, -0.15) is 0 Å². The fourth-order valence-electron chi connectivity index (χ4n) is 4.79. The van der Waals surface area contributed by atoms with Crippen LogP contribution in [0.15, 0.2) is 72.8 Å². The first-order valence-electron chi connectivity index (χ1n) is 12.2. The van der Waals surface area contributed by atoms with E-state index in [4.69, 9.17) is 4.98 Å². The van der Waals surface area contributed by atoms with Gasteiger partial charge in [-0.05, 0) is 53.6 Å². The quantitative estimate of drug-likeness (QED) is 0.325. The minimum Gasteiger partial charge on any atom is -0.395 e. The molecular formula is C29H27F2N3O4. The van der Waals surface area contributed by atoms with Crippen molar-refractivity contribution in [3.05, 3.63) is 83.9 Å². The van der Waals surface area contributed by atoms with Crippen molar-refractivity contribution >= 4 is 28.4 Å². The Bertz CT molecular complexity index is 1610. The lowest BCUT2D eigenvalue weighted by Gasteiger charge is -2.17. The van der Waals surface area contributed by atoms with Crippen LogP contribution < -0.4 is 20.1 Å². The number of carbonyl (C=O) groups excluding carboxylic acids is 2. The Morgan fingerprint density at radius 1 is 0.974 bits per heavy atom. The van der Waals surface area contributed by atoms with Crippen LogP contribution in [0.25, 0.3) is 22.0 Å². The Morgan fingerprint density at radius 3 is 2.55 bits per heavy atom. The van der Waals surface area contributed by atoms with E-state index in [1.807, 2.05) is 54.6 Å². The molecule has 196 valence electrons. The first kappa shape index (κ1) is 23.8. The number of anilines is 1. The normalized spacial score (nSPS) is 16.2. The first-order valence-corrected chi connectivity index (χ1v) is 12.2. The van der Waals surface area contributed by atoms with E-state index >= 15 is 0 Å². The summed E-state index contributed by atoms with van der Waals surface area (Å²) in [5.74, 6) is -0.145. The summed E-state index contributed by atoms with van der Waals surface area (Å²) in [6.45, 7) is 1.86. The van der Waals surface area contributed by atoms with Gasteiger partial charge in [0.05, 0.1) is 11.1 Å². The molecule has 3 aromatic carbocycles. The van der Waals surface area contributed by atoms with Crippen LogP contribution in [-0.4, -0.2) is 23.1 Å². The summed E-state index contributed by atoms with van der Waals surface area (Å²) >= 11 is 0. The monoisotopic (exact) mass is 519 g/mol. The minimum absolute atomic E-state index is 0. The number of nitrogens with zero attached hydrogens (tertiary/aromatic N) is 1. The fraction of sp³-hybridized carbons (Fsp3) is 0.207. The van der Waals surface area contributed by atoms with Crippen LogP contribution in [0.5, 0.6) is 11.5 Å². The van der Waals surface area contributed by atoms with Gasteiger partial charge in [0.1, 0.15) is 5.82 Å². The van der Waals surface area contributed by atoms with Gasteiger partial charge in [0.15, 0.2) is 11.5 Å². The summed E-state index contributed by atoms with van der Waals surface area (Å²) in [7, 11) is 0. The molecule has 1 aliphatic heterocycles. The average Bonchev–Trinajstić information content (AvgIpc) is 3.64. The molecule has 2 N–H and O–H groups in total. The molecular weight excluding hydrogens is 492 g/mol. The lowest BCUT2D eigenvalue weighted by molar-refractivity contribution is -0.286. The number of nitrogens with one attached hydrogen (secondary N) is 2. The van der Waals surface area contributed by atoms with E-state index in [1.54, 1.807) is 6.07 Å². The molecule has 0 unspecified atom stereocenters. The third-order valence-corrected chi connectivity index (χ3v) is 6.86. The van der Waals surface area contributed by atoms with E-state index in [0.29, 0.717) is 36.5 Å². The van der Waals surface area contributed by atoms with Crippen molar-refractivity contribution in [2.24, 2.45) is 0 Å². The van der Waals surface area contributed by atoms with E-state index in [-0.39, 0.29) is 26.2 Å². The SMILES string of the molecule is CC(=O)NCc1cccc(-c2nc(NC(=O)C3(c4ccc5c(c4)OC(F)(F)O5)CC3)cc3ccccc23)c1.[HH].[HH]. The highest BCUT2D eigenvalue weighted by Gasteiger charge is 2.53. The van der Waals surface area contributed by atoms with Crippen molar-refractivity contribution in [2.45, 2.75) is 38.0 Å². The van der Waals surface area contributed by atoms with Gasteiger partial charge in [-0.3, -0.25) is 9.59 Å². The Hall–Kier alpha value is -4.53. The Morgan fingerprint density at radius 2 is 1.76 bits per heavy atom. The number of hydrogen-bond acceptors (Lipinski definition) is 5. The molecule has 2 amide bonds. The number of aromatic nitrogens is 1. The van der Waals surface area contributed by atoms with Crippen molar-refractivity contribution in [1.82, 2.24) is 10.3 Å². The molecule has 4 aromatic rings. The van der Waals surface area contributed by atoms with E-state index in [0.717, 1.165) is 21.9 Å². The van der Waals surface area contributed by atoms with Gasteiger partial charge in [0.25, 0.3) is 0 Å². The summed E-state index contributed by atoms with van der Waals surface area (Å²) < 4.78 is 36.0. The zero-order valence-corrected chi connectivity index (χ0v) is 20.4. The lowest BCUT2D eigenvalue weighted by Crippen LogP contribution is -2.28. The highest BCUT2D eigenvalue weighted by Crippen LogP contribution is 2.52. The van der Waals surface area contributed by atoms with Crippen molar-refractivity contribution in [2.75, 3.05) is 5.32 Å². The zero-order chi connectivity index (χ0) is 26.5. The molecule has 1 fully saturated rings. The zero-order valence-electron chi connectivity index (χ0n) is 20.4. The molecule has 0 saturated heterocycles. The molecule has 0 bridgehead atoms. The molecule has 1 saturated carbocycles. The van der Waals surface area contributed by atoms with Crippen molar-refractivity contribution in [3.63, 3.8) is 0 Å². The van der Waals surface area contributed by atoms with Gasteiger partial charge in [-0.1, -0.05) is 48.5 Å². The number of halogens is 2. The number of ether oxygens (including phenoxy) is 2. The summed E-state index contributed by atoms with van der Waals surface area (Å²) in [4.78, 5) is 29.7. The summed E-state index contributed by atoms with van der Waals surface area (Å²) in [6.07, 6.45) is -2.58. The maximum absolute atomic E-state index is 13.5. The van der Waals surface area contributed by atoms with Crippen molar-refractivity contribution in [3.8, 4) is 22.8 Å². The molecule has 2 aliphatic rings. The van der Waals surface area contributed by atoms with Gasteiger partial charge in [-0.25, -0.2) is 4.98 Å². The standard InChI is InChI=1S/C29H23F2N3O4.2H2/c1-17(35)32-16-18-5-4-7-20(13-18)26-22-8-3-2-6-19(22)14-25(33-26)34-27(36)28(11-12-28)21-9-10-23-24(15-21)38-29(30,31)37-23;;/h2-10,13-15H,11-12,16H2,1H3,(H,32,35)(H,33,34,36);2*1H. The third-order valence-electron chi connectivity index (χ3n) is 6.86. The number of benzene rings is 3. The molecule has 0 spiro atoms. The van der Waals surface area contributed by atoms with Gasteiger partial charge < -0.3 is 20.1 Å². The van der Waals surface area contributed by atoms with Crippen LogP contribution in [0.1, 0.15) is 33.7 Å². The maximum atomic E-state index is 13.5. The molecule has 1 aliphatic carbocycles. The average molecular weight is 520 g/mol. The molecule has 0 radical (unpaired) electrons. The molecule has 0 atom stereocenters. The first-order chi connectivity index (χ1) is 18.2. The van der Waals surface area contributed by atoms with Crippen LogP contribution in [0, 0.1) is 0 Å². The van der Waals surface area contributed by atoms with E-state index in [9.17, 15) is 18.4 Å². The predicted molar refractivity (Wildman–Crippen MR) is 141 cm³/mol. The topological polar surface area (TPSA) is 89.6 Å². The fourth-order valence-corrected chi connectivity index (χ4v) is 4.79.